The minimum absolute atomic E-state index is 0.271. The second-order valence-electron chi connectivity index (χ2n) is 6.64. The van der Waals surface area contributed by atoms with Gasteiger partial charge in [0.25, 0.3) is 5.91 Å². The molecule has 0 aliphatic carbocycles. The lowest BCUT2D eigenvalue weighted by molar-refractivity contribution is 0.0991. The molecule has 0 radical (unpaired) electrons. The number of carbonyl (C=O) groups is 1. The van der Waals surface area contributed by atoms with Crippen LogP contribution in [0.3, 0.4) is 0 Å². The fraction of sp³-hybridized carbons (Fsp3) is 0.444. The van der Waals surface area contributed by atoms with E-state index in [9.17, 15) is 4.79 Å². The summed E-state index contributed by atoms with van der Waals surface area (Å²) in [6.07, 6.45) is 3.76. The summed E-state index contributed by atoms with van der Waals surface area (Å²) in [7, 11) is 1.87. The van der Waals surface area contributed by atoms with Gasteiger partial charge in [0.2, 0.25) is 0 Å². The number of likely N-dealkylation sites (tertiary alicyclic amines) is 1. The van der Waals surface area contributed by atoms with Gasteiger partial charge in [-0.2, -0.15) is 0 Å². The second-order valence-corrected chi connectivity index (χ2v) is 6.64. The fourth-order valence-electron chi connectivity index (χ4n) is 3.46. The van der Waals surface area contributed by atoms with E-state index >= 15 is 0 Å². The van der Waals surface area contributed by atoms with Crippen molar-refractivity contribution in [2.75, 3.05) is 18.9 Å². The Labute approximate surface area is 147 Å². The average Bonchev–Trinajstić information content (AvgIpc) is 2.97. The van der Waals surface area contributed by atoms with Crippen LogP contribution < -0.4 is 11.1 Å². The van der Waals surface area contributed by atoms with E-state index in [0.29, 0.717) is 5.82 Å². The summed E-state index contributed by atoms with van der Waals surface area (Å²) >= 11 is 0. The Kier molecular flexibility index (Phi) is 4.67. The molecule has 3 heterocycles. The maximum absolute atomic E-state index is 11.6. The van der Waals surface area contributed by atoms with Crippen LogP contribution in [0.15, 0.2) is 24.4 Å². The molecule has 25 heavy (non-hydrogen) atoms. The van der Waals surface area contributed by atoms with Crippen molar-refractivity contribution in [2.24, 2.45) is 5.73 Å². The van der Waals surface area contributed by atoms with Crippen LogP contribution in [0, 0.1) is 6.92 Å². The van der Waals surface area contributed by atoms with Crippen LogP contribution in [0.25, 0.3) is 0 Å². The zero-order valence-corrected chi connectivity index (χ0v) is 14.9. The zero-order chi connectivity index (χ0) is 18.0. The summed E-state index contributed by atoms with van der Waals surface area (Å²) in [5.41, 5.74) is 7.24. The van der Waals surface area contributed by atoms with E-state index in [1.807, 2.05) is 20.0 Å². The highest BCUT2D eigenvalue weighted by Gasteiger charge is 2.41. The molecule has 0 aromatic carbocycles. The van der Waals surface area contributed by atoms with Gasteiger partial charge in [0, 0.05) is 31.0 Å². The lowest BCUT2D eigenvalue weighted by Crippen LogP contribution is -2.40. The van der Waals surface area contributed by atoms with Crippen molar-refractivity contribution in [1.82, 2.24) is 19.9 Å². The molecular weight excluding hydrogens is 316 g/mol. The van der Waals surface area contributed by atoms with Crippen LogP contribution in [-0.4, -0.2) is 39.4 Å². The van der Waals surface area contributed by atoms with E-state index in [1.165, 1.54) is 0 Å². The van der Waals surface area contributed by atoms with Crippen molar-refractivity contribution in [3.8, 4) is 0 Å². The van der Waals surface area contributed by atoms with Gasteiger partial charge in [-0.25, -0.2) is 15.0 Å². The third-order valence-corrected chi connectivity index (χ3v) is 4.87. The second kappa shape index (κ2) is 6.76. The summed E-state index contributed by atoms with van der Waals surface area (Å²) in [5, 5.41) is 3.14. The molecule has 7 nitrogen and oxygen atoms in total. The molecule has 1 saturated heterocycles. The number of nitrogens with two attached hydrogens (primary N) is 1. The van der Waals surface area contributed by atoms with E-state index in [4.69, 9.17) is 5.73 Å². The molecule has 0 spiro atoms. The Balaban J connectivity index is 1.96. The van der Waals surface area contributed by atoms with E-state index in [0.717, 1.165) is 43.0 Å². The highest BCUT2D eigenvalue weighted by Crippen LogP contribution is 2.38. The standard InChI is InChI=1S/C18H24N6O/c1-12-10-14(15(19)25)23-17(22-12)18(2)7-5-9-24(18)11-13-6-4-8-21-16(13)20-3/h4,6,8,10H,5,7,9,11H2,1-3H3,(H2,19,25)(H,20,21)/t18-/m1/s1. The summed E-state index contributed by atoms with van der Waals surface area (Å²) in [6, 6.07) is 5.65. The number of primary amides is 1. The van der Waals surface area contributed by atoms with Crippen molar-refractivity contribution in [3.63, 3.8) is 0 Å². The Bertz CT molecular complexity index is 793. The smallest absolute Gasteiger partial charge is 0.267 e. The number of rotatable bonds is 5. The first-order chi connectivity index (χ1) is 11.9. The van der Waals surface area contributed by atoms with Crippen LogP contribution in [0.1, 0.15) is 47.3 Å². The monoisotopic (exact) mass is 340 g/mol. The predicted octanol–water partition coefficient (Wildman–Crippen LogP) is 1.83. The van der Waals surface area contributed by atoms with E-state index in [1.54, 1.807) is 12.3 Å². The van der Waals surface area contributed by atoms with Gasteiger partial charge in [-0.3, -0.25) is 9.69 Å². The maximum Gasteiger partial charge on any atom is 0.267 e. The number of carbonyl (C=O) groups excluding carboxylic acids is 1. The molecule has 2 aromatic heterocycles. The SMILES string of the molecule is CNc1ncccc1CN1CCC[C@]1(C)c1nc(C)cc(C(N)=O)n1. The summed E-state index contributed by atoms with van der Waals surface area (Å²) in [5.74, 6) is 1.01. The number of aromatic nitrogens is 3. The van der Waals surface area contributed by atoms with Gasteiger partial charge in [0.1, 0.15) is 17.3 Å². The van der Waals surface area contributed by atoms with Crippen molar-refractivity contribution < 1.29 is 4.79 Å². The Morgan fingerprint density at radius 1 is 1.44 bits per heavy atom. The molecule has 7 heteroatoms. The fourth-order valence-corrected chi connectivity index (χ4v) is 3.46. The van der Waals surface area contributed by atoms with Gasteiger partial charge < -0.3 is 11.1 Å². The zero-order valence-electron chi connectivity index (χ0n) is 14.9. The summed E-state index contributed by atoms with van der Waals surface area (Å²) in [6.45, 7) is 5.68. The third-order valence-electron chi connectivity index (χ3n) is 4.87. The molecular formula is C18H24N6O. The lowest BCUT2D eigenvalue weighted by Gasteiger charge is -2.34. The van der Waals surface area contributed by atoms with Gasteiger partial charge in [-0.05, 0) is 45.4 Å². The number of anilines is 1. The minimum atomic E-state index is -0.523. The predicted molar refractivity (Wildman–Crippen MR) is 96.1 cm³/mol. The minimum Gasteiger partial charge on any atom is -0.373 e. The number of nitrogens with one attached hydrogen (secondary N) is 1. The molecule has 1 aliphatic rings. The first-order valence-corrected chi connectivity index (χ1v) is 8.46. The highest BCUT2D eigenvalue weighted by atomic mass is 16.1. The van der Waals surface area contributed by atoms with Crippen molar-refractivity contribution in [1.29, 1.82) is 0 Å². The molecule has 0 bridgehead atoms. The van der Waals surface area contributed by atoms with Crippen LogP contribution in [0.4, 0.5) is 5.82 Å². The normalized spacial score (nSPS) is 20.6. The van der Waals surface area contributed by atoms with Crippen LogP contribution >= 0.6 is 0 Å². The Hall–Kier alpha value is -2.54. The molecule has 1 aliphatic heterocycles. The topological polar surface area (TPSA) is 97.0 Å². The number of pyridine rings is 1. The van der Waals surface area contributed by atoms with E-state index in [-0.39, 0.29) is 11.2 Å². The average molecular weight is 340 g/mol. The van der Waals surface area contributed by atoms with Crippen molar-refractivity contribution in [2.45, 2.75) is 38.8 Å². The quantitative estimate of drug-likeness (QED) is 0.862. The van der Waals surface area contributed by atoms with Gasteiger partial charge in [0.05, 0.1) is 5.54 Å². The number of aryl methyl sites for hydroxylation is 1. The Morgan fingerprint density at radius 2 is 2.24 bits per heavy atom. The first-order valence-electron chi connectivity index (χ1n) is 8.46. The molecule has 1 atom stereocenters. The lowest BCUT2D eigenvalue weighted by atomic mass is 9.96. The van der Waals surface area contributed by atoms with Gasteiger partial charge in [0.15, 0.2) is 0 Å². The first kappa shape index (κ1) is 17.3. The molecule has 0 unspecified atom stereocenters. The number of nitrogens with zero attached hydrogens (tertiary/aromatic N) is 4. The maximum atomic E-state index is 11.6. The Morgan fingerprint density at radius 3 is 2.96 bits per heavy atom. The molecule has 1 fully saturated rings. The summed E-state index contributed by atoms with van der Waals surface area (Å²) < 4.78 is 0. The third kappa shape index (κ3) is 3.32. The molecule has 1 amide bonds. The van der Waals surface area contributed by atoms with Crippen LogP contribution in [-0.2, 0) is 12.1 Å². The van der Waals surface area contributed by atoms with Gasteiger partial charge >= 0.3 is 0 Å². The number of amides is 1. The number of hydrogen-bond donors (Lipinski definition) is 2. The highest BCUT2D eigenvalue weighted by molar-refractivity contribution is 5.90. The molecule has 2 aromatic rings. The molecule has 3 rings (SSSR count). The van der Waals surface area contributed by atoms with Gasteiger partial charge in [-0.1, -0.05) is 6.07 Å². The van der Waals surface area contributed by atoms with Gasteiger partial charge in [-0.15, -0.1) is 0 Å². The molecule has 0 saturated carbocycles. The van der Waals surface area contributed by atoms with E-state index < -0.39 is 5.91 Å². The summed E-state index contributed by atoms with van der Waals surface area (Å²) in [4.78, 5) is 27.4. The largest absolute Gasteiger partial charge is 0.373 e. The molecule has 132 valence electrons. The van der Waals surface area contributed by atoms with E-state index in [2.05, 4.69) is 38.2 Å². The van der Waals surface area contributed by atoms with Crippen LogP contribution in [0.2, 0.25) is 0 Å². The number of hydrogen-bond acceptors (Lipinski definition) is 6. The molecule has 3 N–H and O–H groups in total. The van der Waals surface area contributed by atoms with Crippen LogP contribution in [0.5, 0.6) is 0 Å². The van der Waals surface area contributed by atoms with Crippen molar-refractivity contribution >= 4 is 11.7 Å². The van der Waals surface area contributed by atoms with Crippen molar-refractivity contribution in [3.05, 3.63) is 47.2 Å².